The minimum absolute atomic E-state index is 0.0217. The molecule has 1 rings (SSSR count). The summed E-state index contributed by atoms with van der Waals surface area (Å²) in [6, 6.07) is 0. The van der Waals surface area contributed by atoms with E-state index in [4.69, 9.17) is 9.16 Å². The number of aliphatic hydroxyl groups is 1. The van der Waals surface area contributed by atoms with Crippen LogP contribution in [0.3, 0.4) is 0 Å². The molecule has 0 aliphatic carbocycles. The SMILES string of the molecule is C/C=C(\C)C[C@H](C)C[C@H](C)[C@@H](O[Si](C)(C)C)[C@H]1C=CC(O)O1. The minimum atomic E-state index is -1.67. The van der Waals surface area contributed by atoms with E-state index in [1.807, 2.05) is 6.08 Å². The molecular weight excluding hydrogens is 292 g/mol. The van der Waals surface area contributed by atoms with Crippen LogP contribution in [-0.4, -0.2) is 31.9 Å². The smallest absolute Gasteiger partial charge is 0.184 e. The molecule has 1 N–H and O–H groups in total. The van der Waals surface area contributed by atoms with Crippen LogP contribution in [0.25, 0.3) is 0 Å². The van der Waals surface area contributed by atoms with Gasteiger partial charge in [0, 0.05) is 0 Å². The molecule has 3 nitrogen and oxygen atoms in total. The molecule has 0 radical (unpaired) electrons. The molecular formula is C18H34O3Si. The predicted octanol–water partition coefficient (Wildman–Crippen LogP) is 4.50. The van der Waals surface area contributed by atoms with Gasteiger partial charge in [-0.2, -0.15) is 0 Å². The van der Waals surface area contributed by atoms with E-state index in [9.17, 15) is 5.11 Å². The summed E-state index contributed by atoms with van der Waals surface area (Å²) in [5.74, 6) is 1.01. The number of rotatable bonds is 8. The van der Waals surface area contributed by atoms with Gasteiger partial charge in [-0.15, -0.1) is 0 Å². The Kier molecular flexibility index (Phi) is 7.52. The van der Waals surface area contributed by atoms with E-state index in [0.29, 0.717) is 11.8 Å². The van der Waals surface area contributed by atoms with Gasteiger partial charge in [0.2, 0.25) is 0 Å². The van der Waals surface area contributed by atoms with Gasteiger partial charge in [0.15, 0.2) is 14.6 Å². The molecule has 1 aliphatic rings. The van der Waals surface area contributed by atoms with Crippen molar-refractivity contribution >= 4 is 8.32 Å². The number of hydrogen-bond acceptors (Lipinski definition) is 3. The van der Waals surface area contributed by atoms with Crippen molar-refractivity contribution in [2.24, 2.45) is 11.8 Å². The quantitative estimate of drug-likeness (QED) is 0.527. The molecule has 0 saturated carbocycles. The van der Waals surface area contributed by atoms with Crippen molar-refractivity contribution in [3.63, 3.8) is 0 Å². The van der Waals surface area contributed by atoms with Crippen LogP contribution >= 0.6 is 0 Å². The molecule has 0 bridgehead atoms. The lowest BCUT2D eigenvalue weighted by molar-refractivity contribution is -0.113. The van der Waals surface area contributed by atoms with Crippen molar-refractivity contribution in [3.05, 3.63) is 23.8 Å². The summed E-state index contributed by atoms with van der Waals surface area (Å²) in [7, 11) is -1.67. The van der Waals surface area contributed by atoms with Crippen LogP contribution in [0.5, 0.6) is 0 Å². The van der Waals surface area contributed by atoms with E-state index >= 15 is 0 Å². The van der Waals surface area contributed by atoms with Crippen LogP contribution in [-0.2, 0) is 9.16 Å². The first-order valence-corrected chi connectivity index (χ1v) is 11.8. The Hall–Kier alpha value is -0.423. The van der Waals surface area contributed by atoms with E-state index in [-0.39, 0.29) is 12.2 Å². The summed E-state index contributed by atoms with van der Waals surface area (Å²) in [5.41, 5.74) is 1.44. The zero-order valence-electron chi connectivity index (χ0n) is 15.3. The average Bonchev–Trinajstić information content (AvgIpc) is 2.80. The van der Waals surface area contributed by atoms with Crippen molar-refractivity contribution < 1.29 is 14.3 Å². The summed E-state index contributed by atoms with van der Waals surface area (Å²) in [5, 5.41) is 9.60. The van der Waals surface area contributed by atoms with Crippen molar-refractivity contribution in [2.75, 3.05) is 0 Å². The molecule has 22 heavy (non-hydrogen) atoms. The number of ether oxygens (including phenoxy) is 1. The highest BCUT2D eigenvalue weighted by Gasteiger charge is 2.35. The predicted molar refractivity (Wildman–Crippen MR) is 95.2 cm³/mol. The zero-order valence-corrected chi connectivity index (χ0v) is 16.3. The summed E-state index contributed by atoms with van der Waals surface area (Å²) >= 11 is 0. The maximum atomic E-state index is 9.60. The minimum Gasteiger partial charge on any atom is -0.411 e. The van der Waals surface area contributed by atoms with Gasteiger partial charge < -0.3 is 14.3 Å². The average molecular weight is 327 g/mol. The van der Waals surface area contributed by atoms with E-state index in [1.165, 1.54) is 5.57 Å². The van der Waals surface area contributed by atoms with Crippen LogP contribution in [0, 0.1) is 11.8 Å². The Labute approximate surface area is 137 Å². The molecule has 0 aromatic carbocycles. The third-order valence-electron chi connectivity index (χ3n) is 4.07. The van der Waals surface area contributed by atoms with Gasteiger partial charge in [-0.05, 0) is 64.2 Å². The third kappa shape index (κ3) is 6.78. The second-order valence-electron chi connectivity index (χ2n) is 7.73. The molecule has 4 heteroatoms. The highest BCUT2D eigenvalue weighted by atomic mass is 28.4. The number of hydrogen-bond donors (Lipinski definition) is 1. The summed E-state index contributed by atoms with van der Waals surface area (Å²) in [4.78, 5) is 0. The van der Waals surface area contributed by atoms with Gasteiger partial charge in [0.25, 0.3) is 0 Å². The van der Waals surface area contributed by atoms with Gasteiger partial charge in [-0.1, -0.05) is 31.6 Å². The Morgan fingerprint density at radius 3 is 2.41 bits per heavy atom. The van der Waals surface area contributed by atoms with Gasteiger partial charge in [-0.3, -0.25) is 0 Å². The van der Waals surface area contributed by atoms with Crippen molar-refractivity contribution in [1.82, 2.24) is 0 Å². The molecule has 1 unspecified atom stereocenters. The lowest BCUT2D eigenvalue weighted by atomic mass is 9.87. The molecule has 128 valence electrons. The largest absolute Gasteiger partial charge is 0.411 e. The van der Waals surface area contributed by atoms with Gasteiger partial charge in [-0.25, -0.2) is 0 Å². The van der Waals surface area contributed by atoms with Crippen LogP contribution in [0.15, 0.2) is 23.8 Å². The monoisotopic (exact) mass is 326 g/mol. The zero-order chi connectivity index (χ0) is 16.9. The normalized spacial score (nSPS) is 27.0. The van der Waals surface area contributed by atoms with Crippen LogP contribution in [0.2, 0.25) is 19.6 Å². The van der Waals surface area contributed by atoms with Crippen LogP contribution in [0.1, 0.15) is 40.5 Å². The lowest BCUT2D eigenvalue weighted by Crippen LogP contribution is -2.43. The highest BCUT2D eigenvalue weighted by Crippen LogP contribution is 2.29. The van der Waals surface area contributed by atoms with Gasteiger partial charge in [0.05, 0.1) is 6.10 Å². The van der Waals surface area contributed by atoms with Gasteiger partial charge in [0.1, 0.15) is 6.10 Å². The summed E-state index contributed by atoms with van der Waals surface area (Å²) in [6.45, 7) is 15.4. The fourth-order valence-corrected chi connectivity index (χ4v) is 4.26. The molecule has 0 spiro atoms. The standard InChI is InChI=1S/C18H34O3Si/c1-8-13(2)11-14(3)12-15(4)18(21-22(5,6)7)16-9-10-17(19)20-16/h8-10,14-19H,11-12H2,1-7H3/b13-8+/t14-,15-,16+,17?,18+/m0/s1. The second-order valence-corrected chi connectivity index (χ2v) is 12.2. The van der Waals surface area contributed by atoms with E-state index in [0.717, 1.165) is 12.8 Å². The fraction of sp³-hybridized carbons (Fsp3) is 0.778. The second kappa shape index (κ2) is 8.43. The molecule has 0 fully saturated rings. The van der Waals surface area contributed by atoms with E-state index < -0.39 is 14.6 Å². The van der Waals surface area contributed by atoms with Gasteiger partial charge >= 0.3 is 0 Å². The Balaban J connectivity index is 2.71. The summed E-state index contributed by atoms with van der Waals surface area (Å²) in [6.07, 6.45) is 7.19. The molecule has 1 heterocycles. The molecule has 5 atom stereocenters. The fourth-order valence-electron chi connectivity index (χ4n) is 3.08. The van der Waals surface area contributed by atoms with Crippen molar-refractivity contribution in [1.29, 1.82) is 0 Å². The van der Waals surface area contributed by atoms with Crippen molar-refractivity contribution in [2.45, 2.75) is 78.7 Å². The maximum Gasteiger partial charge on any atom is 0.184 e. The lowest BCUT2D eigenvalue weighted by Gasteiger charge is -2.35. The first kappa shape index (κ1) is 19.6. The van der Waals surface area contributed by atoms with Crippen LogP contribution in [0.4, 0.5) is 0 Å². The number of allylic oxidation sites excluding steroid dienone is 2. The molecule has 0 aromatic rings. The molecule has 1 aliphatic heterocycles. The summed E-state index contributed by atoms with van der Waals surface area (Å²) < 4.78 is 12.0. The maximum absolute atomic E-state index is 9.60. The van der Waals surface area contributed by atoms with Crippen LogP contribution < -0.4 is 0 Å². The number of aliphatic hydroxyl groups excluding tert-OH is 1. The van der Waals surface area contributed by atoms with E-state index in [2.05, 4.69) is 53.4 Å². The third-order valence-corrected chi connectivity index (χ3v) is 5.05. The first-order valence-electron chi connectivity index (χ1n) is 8.44. The molecule has 0 amide bonds. The van der Waals surface area contributed by atoms with Crippen molar-refractivity contribution in [3.8, 4) is 0 Å². The Morgan fingerprint density at radius 1 is 1.32 bits per heavy atom. The first-order chi connectivity index (χ1) is 10.1. The molecule has 0 aromatic heterocycles. The van der Waals surface area contributed by atoms with E-state index in [1.54, 1.807) is 6.08 Å². The highest BCUT2D eigenvalue weighted by molar-refractivity contribution is 6.69. The Morgan fingerprint density at radius 2 is 1.95 bits per heavy atom. The molecule has 0 saturated heterocycles. The Bertz CT molecular complexity index is 398. The topological polar surface area (TPSA) is 38.7 Å².